The van der Waals surface area contributed by atoms with Gasteiger partial charge in [0.05, 0.1) is 16.3 Å². The number of hydrogen-bond acceptors (Lipinski definition) is 4. The number of aromatic nitrogens is 1. The molecule has 2 aliphatic carbocycles. The van der Waals surface area contributed by atoms with Gasteiger partial charge in [0.15, 0.2) is 0 Å². The molecular weight excluding hydrogens is 310 g/mol. The van der Waals surface area contributed by atoms with E-state index in [-0.39, 0.29) is 6.03 Å². The first-order valence-electron chi connectivity index (χ1n) is 8.86. The maximum Gasteiger partial charge on any atom is 0.314 e. The van der Waals surface area contributed by atoms with Crippen molar-refractivity contribution in [2.45, 2.75) is 69.8 Å². The summed E-state index contributed by atoms with van der Waals surface area (Å²) >= 11 is 1.80. The fourth-order valence-electron chi connectivity index (χ4n) is 3.49. The van der Waals surface area contributed by atoms with Gasteiger partial charge in [0.1, 0.15) is 0 Å². The first-order valence-corrected chi connectivity index (χ1v) is 9.68. The van der Waals surface area contributed by atoms with Crippen molar-refractivity contribution >= 4 is 17.4 Å². The molecule has 0 unspecified atom stereocenters. The molecule has 0 aromatic carbocycles. The second-order valence-electron chi connectivity index (χ2n) is 6.83. The summed E-state index contributed by atoms with van der Waals surface area (Å²) in [6.07, 6.45) is 10.5. The van der Waals surface area contributed by atoms with Crippen molar-refractivity contribution in [3.8, 4) is 0 Å². The monoisotopic (exact) mass is 337 g/mol. The number of urea groups is 1. The standard InChI is InChI=1S/C17H27N3O2S/c21-16(19-12-17(22)9-4-1-5-10-17)18-11-8-15-20-13-6-2-3-7-14(13)23-15/h22H,1-12H2,(H2,18,19,21). The SMILES string of the molecule is O=C(NCCc1nc2c(s1)CCCC2)NCC1(O)CCCCC1. The number of nitrogens with zero attached hydrogens (tertiary/aromatic N) is 1. The molecule has 6 heteroatoms. The highest BCUT2D eigenvalue weighted by Gasteiger charge is 2.29. The van der Waals surface area contributed by atoms with Crippen LogP contribution in [0.4, 0.5) is 4.79 Å². The highest BCUT2D eigenvalue weighted by Crippen LogP contribution is 2.27. The minimum absolute atomic E-state index is 0.190. The lowest BCUT2D eigenvalue weighted by Crippen LogP contribution is -2.47. The second-order valence-corrected chi connectivity index (χ2v) is 8.00. The molecule has 0 atom stereocenters. The van der Waals surface area contributed by atoms with Crippen LogP contribution in [-0.4, -0.2) is 34.8 Å². The van der Waals surface area contributed by atoms with Gasteiger partial charge in [-0.05, 0) is 38.5 Å². The molecule has 3 rings (SSSR count). The fourth-order valence-corrected chi connectivity index (χ4v) is 4.65. The molecule has 0 saturated heterocycles. The summed E-state index contributed by atoms with van der Waals surface area (Å²) < 4.78 is 0. The molecule has 1 aromatic heterocycles. The summed E-state index contributed by atoms with van der Waals surface area (Å²) in [5, 5.41) is 17.2. The van der Waals surface area contributed by atoms with Gasteiger partial charge in [0.25, 0.3) is 0 Å². The lowest BCUT2D eigenvalue weighted by molar-refractivity contribution is 0.00720. The number of rotatable bonds is 5. The predicted molar refractivity (Wildman–Crippen MR) is 91.9 cm³/mol. The molecule has 0 aliphatic heterocycles. The van der Waals surface area contributed by atoms with Crippen LogP contribution in [0.1, 0.15) is 60.5 Å². The van der Waals surface area contributed by atoms with Crippen LogP contribution < -0.4 is 10.6 Å². The molecule has 0 bridgehead atoms. The van der Waals surface area contributed by atoms with Crippen LogP contribution in [0.3, 0.4) is 0 Å². The van der Waals surface area contributed by atoms with Gasteiger partial charge in [0.2, 0.25) is 0 Å². The smallest absolute Gasteiger partial charge is 0.314 e. The number of carbonyl (C=O) groups excluding carboxylic acids is 1. The van der Waals surface area contributed by atoms with Gasteiger partial charge in [-0.2, -0.15) is 0 Å². The third kappa shape index (κ3) is 4.67. The summed E-state index contributed by atoms with van der Waals surface area (Å²) in [6, 6.07) is -0.190. The van der Waals surface area contributed by atoms with Gasteiger partial charge >= 0.3 is 6.03 Å². The van der Waals surface area contributed by atoms with E-state index in [0.29, 0.717) is 13.1 Å². The number of aryl methyl sites for hydroxylation is 2. The van der Waals surface area contributed by atoms with E-state index < -0.39 is 5.60 Å². The number of hydrogen-bond donors (Lipinski definition) is 3. The Hall–Kier alpha value is -1.14. The third-order valence-corrected chi connectivity index (χ3v) is 6.09. The van der Waals surface area contributed by atoms with E-state index in [1.54, 1.807) is 11.3 Å². The van der Waals surface area contributed by atoms with Crippen LogP contribution >= 0.6 is 11.3 Å². The Morgan fingerprint density at radius 1 is 1.13 bits per heavy atom. The zero-order valence-corrected chi connectivity index (χ0v) is 14.5. The number of amides is 2. The first-order chi connectivity index (χ1) is 11.1. The van der Waals surface area contributed by atoms with Gasteiger partial charge < -0.3 is 15.7 Å². The predicted octanol–water partition coefficient (Wildman–Crippen LogP) is 2.56. The molecule has 128 valence electrons. The lowest BCUT2D eigenvalue weighted by atomic mass is 9.85. The fraction of sp³-hybridized carbons (Fsp3) is 0.765. The molecule has 2 aliphatic rings. The van der Waals surface area contributed by atoms with Gasteiger partial charge in [-0.3, -0.25) is 0 Å². The van der Waals surface area contributed by atoms with E-state index in [1.807, 2.05) is 0 Å². The molecule has 5 nitrogen and oxygen atoms in total. The van der Waals surface area contributed by atoms with Crippen molar-refractivity contribution in [1.29, 1.82) is 0 Å². The van der Waals surface area contributed by atoms with Crippen LogP contribution in [0.15, 0.2) is 0 Å². The molecule has 1 saturated carbocycles. The van der Waals surface area contributed by atoms with Crippen molar-refractivity contribution in [3.63, 3.8) is 0 Å². The Bertz CT molecular complexity index is 514. The van der Waals surface area contributed by atoms with Crippen molar-refractivity contribution < 1.29 is 9.90 Å². The molecule has 0 spiro atoms. The molecule has 1 aromatic rings. The topological polar surface area (TPSA) is 74.2 Å². The Kier molecular flexibility index (Phi) is 5.54. The molecule has 0 radical (unpaired) electrons. The Morgan fingerprint density at radius 3 is 2.70 bits per heavy atom. The Labute approximate surface area is 141 Å². The maximum atomic E-state index is 11.9. The zero-order valence-electron chi connectivity index (χ0n) is 13.7. The van der Waals surface area contributed by atoms with Crippen LogP contribution in [0, 0.1) is 0 Å². The van der Waals surface area contributed by atoms with E-state index in [0.717, 1.165) is 43.5 Å². The van der Waals surface area contributed by atoms with E-state index >= 15 is 0 Å². The molecule has 23 heavy (non-hydrogen) atoms. The normalized spacial score (nSPS) is 19.9. The summed E-state index contributed by atoms with van der Waals surface area (Å²) in [5.74, 6) is 0. The average molecular weight is 337 g/mol. The number of aliphatic hydroxyl groups is 1. The average Bonchev–Trinajstić information content (AvgIpc) is 2.96. The number of thiazole rings is 1. The van der Waals surface area contributed by atoms with Crippen LogP contribution in [0.25, 0.3) is 0 Å². The maximum absolute atomic E-state index is 11.9. The molecule has 1 fully saturated rings. The molecular formula is C17H27N3O2S. The lowest BCUT2D eigenvalue weighted by Gasteiger charge is -2.32. The quantitative estimate of drug-likeness (QED) is 0.773. The summed E-state index contributed by atoms with van der Waals surface area (Å²) in [6.45, 7) is 0.945. The van der Waals surface area contributed by atoms with Gasteiger partial charge in [-0.1, -0.05) is 19.3 Å². The molecule has 3 N–H and O–H groups in total. The summed E-state index contributed by atoms with van der Waals surface area (Å²) in [5.41, 5.74) is 0.574. The van der Waals surface area contributed by atoms with Crippen LogP contribution in [0.2, 0.25) is 0 Å². The van der Waals surface area contributed by atoms with E-state index in [4.69, 9.17) is 0 Å². The van der Waals surface area contributed by atoms with Crippen LogP contribution in [-0.2, 0) is 19.3 Å². The first kappa shape index (κ1) is 16.7. The van der Waals surface area contributed by atoms with Crippen molar-refractivity contribution in [3.05, 3.63) is 15.6 Å². The second kappa shape index (κ2) is 7.62. The minimum Gasteiger partial charge on any atom is -0.388 e. The summed E-state index contributed by atoms with van der Waals surface area (Å²) in [7, 11) is 0. The third-order valence-electron chi connectivity index (χ3n) is 4.88. The van der Waals surface area contributed by atoms with E-state index in [1.165, 1.54) is 36.3 Å². The van der Waals surface area contributed by atoms with E-state index in [9.17, 15) is 9.90 Å². The Balaban J connectivity index is 1.36. The number of carbonyl (C=O) groups is 1. The highest BCUT2D eigenvalue weighted by atomic mass is 32.1. The Morgan fingerprint density at radius 2 is 1.91 bits per heavy atom. The molecule has 1 heterocycles. The number of nitrogens with one attached hydrogen (secondary N) is 2. The zero-order chi connectivity index (χ0) is 16.1. The van der Waals surface area contributed by atoms with E-state index in [2.05, 4.69) is 15.6 Å². The van der Waals surface area contributed by atoms with Crippen molar-refractivity contribution in [1.82, 2.24) is 15.6 Å². The van der Waals surface area contributed by atoms with Gasteiger partial charge in [-0.15, -0.1) is 11.3 Å². The summed E-state index contributed by atoms with van der Waals surface area (Å²) in [4.78, 5) is 18.0. The number of fused-ring (bicyclic) bond motifs is 1. The van der Waals surface area contributed by atoms with Gasteiger partial charge in [-0.25, -0.2) is 9.78 Å². The van der Waals surface area contributed by atoms with Gasteiger partial charge in [0, 0.05) is 24.4 Å². The molecule has 2 amide bonds. The van der Waals surface area contributed by atoms with Crippen molar-refractivity contribution in [2.75, 3.05) is 13.1 Å². The van der Waals surface area contributed by atoms with Crippen molar-refractivity contribution in [2.24, 2.45) is 0 Å². The highest BCUT2D eigenvalue weighted by molar-refractivity contribution is 7.11. The minimum atomic E-state index is -0.704. The largest absolute Gasteiger partial charge is 0.388 e. The van der Waals surface area contributed by atoms with Crippen LogP contribution in [0.5, 0.6) is 0 Å².